The van der Waals surface area contributed by atoms with E-state index in [0.717, 1.165) is 41.8 Å². The van der Waals surface area contributed by atoms with Gasteiger partial charge in [-0.3, -0.25) is 19.5 Å². The molecule has 3 aromatic rings. The first-order valence-electron chi connectivity index (χ1n) is 14.7. The predicted octanol–water partition coefficient (Wildman–Crippen LogP) is 4.80. The number of carbonyl (C=O) groups is 2. The first-order valence-corrected chi connectivity index (χ1v) is 14.7. The van der Waals surface area contributed by atoms with Crippen molar-refractivity contribution in [3.05, 3.63) is 78.1 Å². The Labute approximate surface area is 247 Å². The van der Waals surface area contributed by atoms with E-state index in [1.165, 1.54) is 0 Å². The molecular formula is C33H39N3O6. The average Bonchev–Trinajstić information content (AvgIpc) is 3.62. The van der Waals surface area contributed by atoms with Crippen LogP contribution in [0.1, 0.15) is 43.2 Å². The van der Waals surface area contributed by atoms with Gasteiger partial charge in [0.2, 0.25) is 5.91 Å². The van der Waals surface area contributed by atoms with Gasteiger partial charge in [-0.1, -0.05) is 37.6 Å². The highest BCUT2D eigenvalue weighted by Gasteiger charge is 2.47. The Morgan fingerprint density at radius 3 is 2.71 bits per heavy atom. The summed E-state index contributed by atoms with van der Waals surface area (Å²) in [5.74, 6) is 0.155. The summed E-state index contributed by atoms with van der Waals surface area (Å²) in [6, 6.07) is 16.7. The number of benzene rings is 2. The minimum Gasteiger partial charge on any atom is -0.493 e. The van der Waals surface area contributed by atoms with Gasteiger partial charge in [0, 0.05) is 37.7 Å². The minimum absolute atomic E-state index is 0.0701. The Morgan fingerprint density at radius 1 is 1.14 bits per heavy atom. The topological polar surface area (TPSA) is 101 Å². The summed E-state index contributed by atoms with van der Waals surface area (Å²) in [5.41, 5.74) is 2.81. The molecule has 0 spiro atoms. The van der Waals surface area contributed by atoms with E-state index in [9.17, 15) is 14.7 Å². The Hall–Kier alpha value is -4.11. The van der Waals surface area contributed by atoms with Gasteiger partial charge in [0.15, 0.2) is 11.5 Å². The number of methoxy groups -OCH3 is 1. The molecule has 1 N–H and O–H groups in total. The number of rotatable bonds is 13. The number of carbonyl (C=O) groups excluding carboxylic acids is 1. The van der Waals surface area contributed by atoms with Crippen molar-refractivity contribution in [2.24, 2.45) is 5.92 Å². The van der Waals surface area contributed by atoms with Crippen molar-refractivity contribution in [3.8, 4) is 17.2 Å². The van der Waals surface area contributed by atoms with Crippen molar-refractivity contribution in [1.29, 1.82) is 0 Å². The maximum absolute atomic E-state index is 13.8. The van der Waals surface area contributed by atoms with Crippen LogP contribution >= 0.6 is 0 Å². The summed E-state index contributed by atoms with van der Waals surface area (Å²) >= 11 is 0. The summed E-state index contributed by atoms with van der Waals surface area (Å²) in [5, 5.41) is 10.5. The van der Waals surface area contributed by atoms with Gasteiger partial charge in [0.05, 0.1) is 44.7 Å². The van der Waals surface area contributed by atoms with Crippen LogP contribution in [-0.2, 0) is 16.0 Å². The molecule has 1 saturated heterocycles. The predicted molar refractivity (Wildman–Crippen MR) is 159 cm³/mol. The van der Waals surface area contributed by atoms with E-state index in [-0.39, 0.29) is 25.0 Å². The number of pyridine rings is 1. The van der Waals surface area contributed by atoms with Crippen molar-refractivity contribution in [2.45, 2.75) is 44.6 Å². The quantitative estimate of drug-likeness (QED) is 0.311. The number of aromatic nitrogens is 1. The fourth-order valence-corrected chi connectivity index (χ4v) is 6.14. The smallest absolute Gasteiger partial charge is 0.308 e. The van der Waals surface area contributed by atoms with Gasteiger partial charge in [0.25, 0.3) is 0 Å². The number of ether oxygens (including phenoxy) is 3. The van der Waals surface area contributed by atoms with Crippen LogP contribution in [0.2, 0.25) is 0 Å². The zero-order valence-electron chi connectivity index (χ0n) is 24.3. The average molecular weight is 574 g/mol. The standard InChI is InChI=1S/C33H39N3O6/c1-3-4-16-36(25-8-7-15-34-20-25)31(37)22-35-21-26(23-11-12-28-24(19-23)13-17-41-28)32(33(38)39)27(35)14-18-42-30-10-6-5-9-29(30)40-2/h5-12,15,19-20,26-27,32H,3-4,13-14,16-18,21-22H2,1-2H3,(H,38,39)/t26-,27+,32-/m1/s1. The van der Waals surface area contributed by atoms with Crippen LogP contribution in [0.4, 0.5) is 5.69 Å². The third-order valence-electron chi connectivity index (χ3n) is 8.25. The monoisotopic (exact) mass is 573 g/mol. The van der Waals surface area contributed by atoms with Crippen molar-refractivity contribution < 1.29 is 28.9 Å². The number of fused-ring (bicyclic) bond motifs is 1. The lowest BCUT2D eigenvalue weighted by molar-refractivity contribution is -0.143. The molecule has 1 fully saturated rings. The van der Waals surface area contributed by atoms with Gasteiger partial charge in [-0.2, -0.15) is 0 Å². The lowest BCUT2D eigenvalue weighted by atomic mass is 9.83. The fourth-order valence-electron chi connectivity index (χ4n) is 6.14. The van der Waals surface area contributed by atoms with Crippen molar-refractivity contribution in [3.63, 3.8) is 0 Å². The van der Waals surface area contributed by atoms with Gasteiger partial charge in [-0.15, -0.1) is 0 Å². The van der Waals surface area contributed by atoms with Crippen LogP contribution < -0.4 is 19.1 Å². The van der Waals surface area contributed by atoms with E-state index in [1.54, 1.807) is 24.4 Å². The fraction of sp³-hybridized carbons (Fsp3) is 0.424. The second kappa shape index (κ2) is 13.7. The number of unbranched alkanes of at least 4 members (excludes halogenated alkanes) is 1. The SMILES string of the molecule is CCCCN(C(=O)CN1C[C@H](c2ccc3c(c2)CCO3)[C@@H](C(=O)O)[C@@H]1CCOc1ccccc1OC)c1cccnc1. The number of hydrogen-bond acceptors (Lipinski definition) is 7. The molecule has 9 heteroatoms. The van der Waals surface area contributed by atoms with Gasteiger partial charge < -0.3 is 24.2 Å². The van der Waals surface area contributed by atoms with E-state index in [2.05, 4.69) is 18.0 Å². The maximum atomic E-state index is 13.8. The molecule has 1 amide bonds. The summed E-state index contributed by atoms with van der Waals surface area (Å²) in [6.45, 7) is 4.15. The molecule has 5 rings (SSSR count). The third-order valence-corrected chi connectivity index (χ3v) is 8.25. The second-order valence-corrected chi connectivity index (χ2v) is 10.8. The van der Waals surface area contributed by atoms with Crippen LogP contribution in [0.15, 0.2) is 67.0 Å². The number of para-hydroxylation sites is 2. The van der Waals surface area contributed by atoms with E-state index in [1.807, 2.05) is 53.4 Å². The zero-order chi connectivity index (χ0) is 29.5. The van der Waals surface area contributed by atoms with E-state index >= 15 is 0 Å². The molecule has 2 aliphatic rings. The van der Waals surface area contributed by atoms with E-state index < -0.39 is 17.9 Å². The number of anilines is 1. The number of aliphatic carboxylic acids is 1. The maximum Gasteiger partial charge on any atom is 0.308 e. The molecule has 0 unspecified atom stereocenters. The third kappa shape index (κ3) is 6.51. The normalized spacial score (nSPS) is 19.6. The Morgan fingerprint density at radius 2 is 1.98 bits per heavy atom. The lowest BCUT2D eigenvalue weighted by Gasteiger charge is -2.29. The number of likely N-dealkylation sites (tertiary alicyclic amines) is 1. The molecule has 3 heterocycles. The van der Waals surface area contributed by atoms with Crippen molar-refractivity contribution in [1.82, 2.24) is 9.88 Å². The highest BCUT2D eigenvalue weighted by molar-refractivity contribution is 5.94. The summed E-state index contributed by atoms with van der Waals surface area (Å²) in [6.07, 6.45) is 6.44. The van der Waals surface area contributed by atoms with Gasteiger partial charge in [0.1, 0.15) is 5.75 Å². The molecular weight excluding hydrogens is 534 g/mol. The number of carboxylic acids is 1. The minimum atomic E-state index is -0.871. The van der Waals surface area contributed by atoms with Crippen LogP contribution in [-0.4, -0.2) is 72.9 Å². The van der Waals surface area contributed by atoms with Crippen LogP contribution in [0.5, 0.6) is 17.2 Å². The Balaban J connectivity index is 1.41. The van der Waals surface area contributed by atoms with Gasteiger partial charge in [-0.25, -0.2) is 0 Å². The zero-order valence-corrected chi connectivity index (χ0v) is 24.3. The molecule has 3 atom stereocenters. The molecule has 222 valence electrons. The van der Waals surface area contributed by atoms with Crippen molar-refractivity contribution >= 4 is 17.6 Å². The molecule has 1 aromatic heterocycles. The Bertz CT molecular complexity index is 1370. The number of amides is 1. The van der Waals surface area contributed by atoms with Gasteiger partial charge >= 0.3 is 5.97 Å². The molecule has 2 aliphatic heterocycles. The first-order chi connectivity index (χ1) is 20.5. The van der Waals surface area contributed by atoms with Gasteiger partial charge in [-0.05, 0) is 54.3 Å². The molecule has 0 bridgehead atoms. The Kier molecular flexibility index (Phi) is 9.59. The van der Waals surface area contributed by atoms with Crippen LogP contribution in [0, 0.1) is 5.92 Å². The summed E-state index contributed by atoms with van der Waals surface area (Å²) in [4.78, 5) is 34.8. The highest BCUT2D eigenvalue weighted by Crippen LogP contribution is 2.41. The molecule has 0 saturated carbocycles. The molecule has 9 nitrogen and oxygen atoms in total. The molecule has 0 radical (unpaired) electrons. The second-order valence-electron chi connectivity index (χ2n) is 10.8. The van der Waals surface area contributed by atoms with E-state index in [0.29, 0.717) is 37.6 Å². The largest absolute Gasteiger partial charge is 0.493 e. The number of hydrogen-bond donors (Lipinski definition) is 1. The summed E-state index contributed by atoms with van der Waals surface area (Å²) in [7, 11) is 1.59. The first kappa shape index (κ1) is 29.4. The van der Waals surface area contributed by atoms with Crippen LogP contribution in [0.25, 0.3) is 0 Å². The summed E-state index contributed by atoms with van der Waals surface area (Å²) < 4.78 is 17.2. The molecule has 0 aliphatic carbocycles. The van der Waals surface area contributed by atoms with E-state index in [4.69, 9.17) is 14.2 Å². The van der Waals surface area contributed by atoms with Crippen molar-refractivity contribution in [2.75, 3.05) is 44.9 Å². The number of nitrogens with zero attached hydrogens (tertiary/aromatic N) is 3. The highest BCUT2D eigenvalue weighted by atomic mass is 16.5. The number of carboxylic acid groups (broad SMARTS) is 1. The van der Waals surface area contributed by atoms with Crippen LogP contribution in [0.3, 0.4) is 0 Å². The molecule has 42 heavy (non-hydrogen) atoms. The lowest BCUT2D eigenvalue weighted by Crippen LogP contribution is -2.45. The molecule has 2 aromatic carbocycles.